The van der Waals surface area contributed by atoms with Crippen LogP contribution in [0.4, 0.5) is 5.69 Å². The molecule has 1 aromatic carbocycles. The summed E-state index contributed by atoms with van der Waals surface area (Å²) < 4.78 is 1.96. The van der Waals surface area contributed by atoms with Crippen LogP contribution in [0.25, 0.3) is 0 Å². The topological polar surface area (TPSA) is 42.7 Å². The number of hydrogen-bond donors (Lipinski definition) is 1. The van der Waals surface area contributed by atoms with Crippen molar-refractivity contribution in [2.45, 2.75) is 46.2 Å². The van der Waals surface area contributed by atoms with E-state index in [4.69, 9.17) is 0 Å². The van der Waals surface area contributed by atoms with E-state index in [1.807, 2.05) is 4.68 Å². The van der Waals surface area contributed by atoms with Gasteiger partial charge in [-0.3, -0.25) is 0 Å². The second-order valence-electron chi connectivity index (χ2n) is 4.99. The second kappa shape index (κ2) is 6.36. The lowest BCUT2D eigenvalue weighted by molar-refractivity contribution is 0.574. The largest absolute Gasteiger partial charge is 0.378 e. The third-order valence-electron chi connectivity index (χ3n) is 3.15. The third kappa shape index (κ3) is 3.34. The Bertz CT molecular complexity index is 516. The van der Waals surface area contributed by atoms with E-state index >= 15 is 0 Å². The van der Waals surface area contributed by atoms with Gasteiger partial charge in [-0.25, -0.2) is 9.67 Å². The van der Waals surface area contributed by atoms with E-state index in [-0.39, 0.29) is 0 Å². The molecule has 0 spiro atoms. The number of anilines is 1. The van der Waals surface area contributed by atoms with Gasteiger partial charge in [-0.05, 0) is 24.0 Å². The molecule has 0 radical (unpaired) electrons. The van der Waals surface area contributed by atoms with Crippen molar-refractivity contribution < 1.29 is 0 Å². The fourth-order valence-electron chi connectivity index (χ4n) is 2.16. The third-order valence-corrected chi connectivity index (χ3v) is 3.15. The molecule has 0 unspecified atom stereocenters. The molecule has 0 saturated heterocycles. The second-order valence-corrected chi connectivity index (χ2v) is 4.99. The predicted octanol–water partition coefficient (Wildman–Crippen LogP) is 3.42. The Kier molecular flexibility index (Phi) is 4.55. The molecule has 2 rings (SSSR count). The first-order valence-corrected chi connectivity index (χ1v) is 6.91. The van der Waals surface area contributed by atoms with E-state index in [0.717, 1.165) is 18.8 Å². The van der Waals surface area contributed by atoms with Crippen molar-refractivity contribution in [2.24, 2.45) is 0 Å². The molecule has 4 heteroatoms. The van der Waals surface area contributed by atoms with Crippen molar-refractivity contribution in [1.82, 2.24) is 14.8 Å². The highest BCUT2D eigenvalue weighted by molar-refractivity contribution is 5.52. The van der Waals surface area contributed by atoms with Crippen LogP contribution in [0.1, 0.15) is 44.5 Å². The van der Waals surface area contributed by atoms with E-state index in [0.29, 0.717) is 12.5 Å². The highest BCUT2D eigenvalue weighted by Crippen LogP contribution is 2.23. The molecule has 102 valence electrons. The lowest BCUT2D eigenvalue weighted by atomic mass is 10.0. The summed E-state index contributed by atoms with van der Waals surface area (Å²) in [5.41, 5.74) is 2.52. The van der Waals surface area contributed by atoms with Gasteiger partial charge in [0.05, 0.1) is 6.54 Å². The van der Waals surface area contributed by atoms with E-state index in [1.54, 1.807) is 6.33 Å². The van der Waals surface area contributed by atoms with Crippen LogP contribution in [0, 0.1) is 0 Å². The molecule has 4 nitrogen and oxygen atoms in total. The van der Waals surface area contributed by atoms with E-state index in [2.05, 4.69) is 60.4 Å². The Morgan fingerprint density at radius 1 is 1.26 bits per heavy atom. The number of para-hydroxylation sites is 1. The Morgan fingerprint density at radius 3 is 2.79 bits per heavy atom. The van der Waals surface area contributed by atoms with Gasteiger partial charge in [-0.15, -0.1) is 0 Å². The molecule has 19 heavy (non-hydrogen) atoms. The monoisotopic (exact) mass is 258 g/mol. The Morgan fingerprint density at radius 2 is 2.05 bits per heavy atom. The van der Waals surface area contributed by atoms with Crippen molar-refractivity contribution in [2.75, 3.05) is 5.32 Å². The summed E-state index contributed by atoms with van der Waals surface area (Å²) in [6.07, 6.45) is 2.69. The van der Waals surface area contributed by atoms with Gasteiger partial charge in [0.15, 0.2) is 0 Å². The first-order chi connectivity index (χ1) is 9.22. The summed E-state index contributed by atoms with van der Waals surface area (Å²) in [6, 6.07) is 8.44. The van der Waals surface area contributed by atoms with Crippen molar-refractivity contribution in [3.63, 3.8) is 0 Å². The molecule has 0 bridgehead atoms. The molecule has 0 fully saturated rings. The minimum absolute atomic E-state index is 0.511. The Balaban J connectivity index is 2.08. The van der Waals surface area contributed by atoms with E-state index in [9.17, 15) is 0 Å². The summed E-state index contributed by atoms with van der Waals surface area (Å²) >= 11 is 0. The Labute approximate surface area is 114 Å². The molecule has 0 saturated carbocycles. The molecule has 0 amide bonds. The summed E-state index contributed by atoms with van der Waals surface area (Å²) in [7, 11) is 0. The maximum atomic E-state index is 4.31. The average Bonchev–Trinajstić information content (AvgIpc) is 2.84. The number of nitrogens with one attached hydrogen (secondary N) is 1. The minimum atomic E-state index is 0.511. The van der Waals surface area contributed by atoms with Crippen LogP contribution in [0.3, 0.4) is 0 Å². The summed E-state index contributed by atoms with van der Waals surface area (Å²) in [5.74, 6) is 1.50. The maximum absolute atomic E-state index is 4.31. The average molecular weight is 258 g/mol. The van der Waals surface area contributed by atoms with E-state index in [1.165, 1.54) is 11.3 Å². The fraction of sp³-hybridized carbons (Fsp3) is 0.467. The number of rotatable bonds is 6. The zero-order chi connectivity index (χ0) is 13.7. The standard InChI is InChI=1S/C15H22N4/c1-4-9-19-15(17-11-18-19)10-16-14-8-6-5-7-13(14)12(2)3/h5-8,11-12,16H,4,9-10H2,1-3H3. The zero-order valence-corrected chi connectivity index (χ0v) is 11.9. The molecule has 1 heterocycles. The van der Waals surface area contributed by atoms with E-state index < -0.39 is 0 Å². The van der Waals surface area contributed by atoms with Crippen LogP contribution in [0.5, 0.6) is 0 Å². The first kappa shape index (κ1) is 13.6. The number of nitrogens with zero attached hydrogens (tertiary/aromatic N) is 3. The normalized spacial score (nSPS) is 10.9. The maximum Gasteiger partial charge on any atom is 0.146 e. The minimum Gasteiger partial charge on any atom is -0.378 e. The van der Waals surface area contributed by atoms with Crippen LogP contribution in [-0.4, -0.2) is 14.8 Å². The van der Waals surface area contributed by atoms with Gasteiger partial charge in [-0.1, -0.05) is 39.0 Å². The Hall–Kier alpha value is -1.84. The van der Waals surface area contributed by atoms with Crippen LogP contribution in [0.2, 0.25) is 0 Å². The van der Waals surface area contributed by atoms with Gasteiger partial charge in [0, 0.05) is 12.2 Å². The van der Waals surface area contributed by atoms with Crippen LogP contribution in [0.15, 0.2) is 30.6 Å². The predicted molar refractivity (Wildman–Crippen MR) is 78.2 cm³/mol. The SMILES string of the molecule is CCCn1ncnc1CNc1ccccc1C(C)C. The van der Waals surface area contributed by atoms with Crippen molar-refractivity contribution in [3.05, 3.63) is 42.0 Å². The quantitative estimate of drug-likeness (QED) is 0.863. The lowest BCUT2D eigenvalue weighted by Gasteiger charge is -2.14. The van der Waals surface area contributed by atoms with Crippen molar-refractivity contribution in [1.29, 1.82) is 0 Å². The molecule has 0 aliphatic rings. The number of hydrogen-bond acceptors (Lipinski definition) is 3. The van der Waals surface area contributed by atoms with Gasteiger partial charge in [0.1, 0.15) is 12.2 Å². The molecule has 2 aromatic rings. The fourth-order valence-corrected chi connectivity index (χ4v) is 2.16. The molecule has 1 aromatic heterocycles. The lowest BCUT2D eigenvalue weighted by Crippen LogP contribution is -2.11. The van der Waals surface area contributed by atoms with Gasteiger partial charge in [0.25, 0.3) is 0 Å². The van der Waals surface area contributed by atoms with Gasteiger partial charge in [-0.2, -0.15) is 5.10 Å². The molecular formula is C15H22N4. The van der Waals surface area contributed by atoms with Gasteiger partial charge in [0.2, 0.25) is 0 Å². The summed E-state index contributed by atoms with van der Waals surface area (Å²) in [4.78, 5) is 4.31. The van der Waals surface area contributed by atoms with Crippen LogP contribution in [-0.2, 0) is 13.1 Å². The number of aromatic nitrogens is 3. The van der Waals surface area contributed by atoms with Gasteiger partial charge >= 0.3 is 0 Å². The highest BCUT2D eigenvalue weighted by atomic mass is 15.3. The van der Waals surface area contributed by atoms with Crippen molar-refractivity contribution >= 4 is 5.69 Å². The molecular weight excluding hydrogens is 236 g/mol. The van der Waals surface area contributed by atoms with Gasteiger partial charge < -0.3 is 5.32 Å². The van der Waals surface area contributed by atoms with Crippen LogP contribution >= 0.6 is 0 Å². The first-order valence-electron chi connectivity index (χ1n) is 6.91. The summed E-state index contributed by atoms with van der Waals surface area (Å²) in [5, 5.41) is 7.71. The number of benzene rings is 1. The summed E-state index contributed by atoms with van der Waals surface area (Å²) in [6.45, 7) is 8.19. The smallest absolute Gasteiger partial charge is 0.146 e. The molecule has 1 N–H and O–H groups in total. The highest BCUT2D eigenvalue weighted by Gasteiger charge is 2.07. The molecule has 0 aliphatic heterocycles. The zero-order valence-electron chi connectivity index (χ0n) is 11.9. The van der Waals surface area contributed by atoms with Crippen LogP contribution < -0.4 is 5.32 Å². The molecule has 0 atom stereocenters. The number of aryl methyl sites for hydroxylation is 1. The van der Waals surface area contributed by atoms with Crippen molar-refractivity contribution in [3.8, 4) is 0 Å². The molecule has 0 aliphatic carbocycles.